The summed E-state index contributed by atoms with van der Waals surface area (Å²) in [5.41, 5.74) is 0. The molecule has 0 aliphatic carbocycles. The van der Waals surface area contributed by atoms with E-state index in [0.717, 1.165) is 0 Å². The van der Waals surface area contributed by atoms with Gasteiger partial charge in [0.25, 0.3) is 0 Å². The predicted octanol–water partition coefficient (Wildman–Crippen LogP) is 2.31. The Morgan fingerprint density at radius 1 is 0.739 bits per heavy atom. The lowest BCUT2D eigenvalue weighted by Crippen LogP contribution is -2.59. The average Bonchev–Trinajstić information content (AvgIpc) is 2.58. The molecule has 0 aromatic heterocycles. The van der Waals surface area contributed by atoms with Gasteiger partial charge in [-0.3, -0.25) is 0 Å². The SMILES string of the molecule is O[Si](O)(c1ccccc1)c1cccc(S)c1Oc1ccccc1. The lowest BCUT2D eigenvalue weighted by molar-refractivity contribution is 0.396. The van der Waals surface area contributed by atoms with Crippen LogP contribution in [0.1, 0.15) is 0 Å². The third kappa shape index (κ3) is 3.33. The zero-order valence-electron chi connectivity index (χ0n) is 12.3. The fraction of sp³-hybridized carbons (Fsp3) is 0. The highest BCUT2D eigenvalue weighted by molar-refractivity contribution is 7.80. The van der Waals surface area contributed by atoms with Gasteiger partial charge in [0.1, 0.15) is 11.5 Å². The minimum Gasteiger partial charge on any atom is -0.456 e. The zero-order chi connectivity index (χ0) is 16.3. The van der Waals surface area contributed by atoms with E-state index in [1.165, 1.54) is 0 Å². The lowest BCUT2D eigenvalue weighted by atomic mass is 10.3. The van der Waals surface area contributed by atoms with Crippen molar-refractivity contribution in [1.29, 1.82) is 0 Å². The average molecular weight is 340 g/mol. The van der Waals surface area contributed by atoms with Crippen molar-refractivity contribution in [1.82, 2.24) is 0 Å². The third-order valence-electron chi connectivity index (χ3n) is 3.51. The van der Waals surface area contributed by atoms with Gasteiger partial charge in [0.15, 0.2) is 0 Å². The fourth-order valence-electron chi connectivity index (χ4n) is 2.34. The molecule has 0 aliphatic heterocycles. The highest BCUT2D eigenvalue weighted by Gasteiger charge is 2.38. The Kier molecular flexibility index (Phi) is 4.54. The Morgan fingerprint density at radius 3 is 2.00 bits per heavy atom. The van der Waals surface area contributed by atoms with Crippen LogP contribution >= 0.6 is 12.6 Å². The second kappa shape index (κ2) is 6.60. The van der Waals surface area contributed by atoms with Gasteiger partial charge in [0.05, 0.1) is 0 Å². The summed E-state index contributed by atoms with van der Waals surface area (Å²) in [5.74, 6) is 0.996. The Balaban J connectivity index is 2.08. The first kappa shape index (κ1) is 15.8. The summed E-state index contributed by atoms with van der Waals surface area (Å²) in [6, 6.07) is 23.2. The Hall–Kier alpha value is -2.05. The van der Waals surface area contributed by atoms with Crippen LogP contribution in [0, 0.1) is 0 Å². The molecule has 0 spiro atoms. The van der Waals surface area contributed by atoms with Gasteiger partial charge in [0, 0.05) is 10.1 Å². The molecule has 0 saturated carbocycles. The van der Waals surface area contributed by atoms with Crippen LogP contribution in [0.3, 0.4) is 0 Å². The number of hydrogen-bond acceptors (Lipinski definition) is 4. The second-order valence-corrected chi connectivity index (χ2v) is 8.05. The van der Waals surface area contributed by atoms with E-state index in [4.69, 9.17) is 4.74 Å². The molecule has 5 heteroatoms. The quantitative estimate of drug-likeness (QED) is 0.505. The highest BCUT2D eigenvalue weighted by Crippen LogP contribution is 2.27. The van der Waals surface area contributed by atoms with E-state index in [1.807, 2.05) is 36.4 Å². The second-order valence-electron chi connectivity index (χ2n) is 5.11. The molecule has 23 heavy (non-hydrogen) atoms. The third-order valence-corrected chi connectivity index (χ3v) is 6.14. The Morgan fingerprint density at radius 2 is 1.35 bits per heavy atom. The molecular formula is C18H16O3SSi. The maximum Gasteiger partial charge on any atom is 0.405 e. The number of ether oxygens (including phenoxy) is 1. The van der Waals surface area contributed by atoms with Crippen molar-refractivity contribution in [2.24, 2.45) is 0 Å². The molecule has 3 aromatic rings. The summed E-state index contributed by atoms with van der Waals surface area (Å²) in [4.78, 5) is 22.2. The molecule has 0 bridgehead atoms. The van der Waals surface area contributed by atoms with Crippen LogP contribution in [0.5, 0.6) is 11.5 Å². The standard InChI is InChI=1S/C18H16O3SSi/c19-23(20,15-10-5-2-6-11-15)17-13-7-12-16(22)18(17)21-14-8-3-1-4-9-14/h1-13,19-20,22H. The van der Waals surface area contributed by atoms with Gasteiger partial charge in [-0.15, -0.1) is 12.6 Å². The van der Waals surface area contributed by atoms with Crippen LogP contribution < -0.4 is 15.1 Å². The maximum atomic E-state index is 10.8. The van der Waals surface area contributed by atoms with Crippen molar-refractivity contribution in [3.8, 4) is 11.5 Å². The van der Waals surface area contributed by atoms with Crippen LogP contribution in [-0.4, -0.2) is 18.2 Å². The molecule has 0 amide bonds. The van der Waals surface area contributed by atoms with Crippen molar-refractivity contribution in [3.63, 3.8) is 0 Å². The highest BCUT2D eigenvalue weighted by atomic mass is 32.1. The Labute approximate surface area is 141 Å². The summed E-state index contributed by atoms with van der Waals surface area (Å²) < 4.78 is 5.89. The maximum absolute atomic E-state index is 10.8. The fourth-order valence-corrected chi connectivity index (χ4v) is 4.50. The summed E-state index contributed by atoms with van der Waals surface area (Å²) in [5, 5.41) is 0.872. The molecule has 0 heterocycles. The molecule has 0 fully saturated rings. The van der Waals surface area contributed by atoms with Gasteiger partial charge < -0.3 is 14.3 Å². The van der Waals surface area contributed by atoms with Crippen molar-refractivity contribution in [3.05, 3.63) is 78.9 Å². The van der Waals surface area contributed by atoms with Gasteiger partial charge in [-0.25, -0.2) is 0 Å². The molecule has 3 aromatic carbocycles. The number of para-hydroxylation sites is 2. The van der Waals surface area contributed by atoms with Crippen LogP contribution in [0.4, 0.5) is 0 Å². The molecule has 3 rings (SSSR count). The predicted molar refractivity (Wildman–Crippen MR) is 96.1 cm³/mol. The smallest absolute Gasteiger partial charge is 0.405 e. The van der Waals surface area contributed by atoms with Crippen LogP contribution in [0.25, 0.3) is 0 Å². The molecule has 0 atom stereocenters. The van der Waals surface area contributed by atoms with Gasteiger partial charge >= 0.3 is 8.56 Å². The molecule has 3 nitrogen and oxygen atoms in total. The normalized spacial score (nSPS) is 11.3. The van der Waals surface area contributed by atoms with Crippen molar-refractivity contribution < 1.29 is 14.3 Å². The van der Waals surface area contributed by atoms with Crippen LogP contribution in [-0.2, 0) is 0 Å². The van der Waals surface area contributed by atoms with E-state index in [2.05, 4.69) is 12.6 Å². The topological polar surface area (TPSA) is 49.7 Å². The molecule has 0 aliphatic rings. The summed E-state index contributed by atoms with van der Waals surface area (Å²) in [6.45, 7) is 0. The van der Waals surface area contributed by atoms with Crippen LogP contribution in [0.2, 0.25) is 0 Å². The van der Waals surface area contributed by atoms with E-state index in [1.54, 1.807) is 42.5 Å². The minimum absolute atomic E-state index is 0.375. The van der Waals surface area contributed by atoms with Gasteiger partial charge in [0.2, 0.25) is 0 Å². The van der Waals surface area contributed by atoms with Gasteiger partial charge in [-0.05, 0) is 23.4 Å². The minimum atomic E-state index is -3.86. The van der Waals surface area contributed by atoms with Crippen molar-refractivity contribution >= 4 is 31.6 Å². The van der Waals surface area contributed by atoms with E-state index >= 15 is 0 Å². The lowest BCUT2D eigenvalue weighted by Gasteiger charge is -2.22. The van der Waals surface area contributed by atoms with Gasteiger partial charge in [-0.2, -0.15) is 0 Å². The zero-order valence-corrected chi connectivity index (χ0v) is 14.1. The van der Waals surface area contributed by atoms with E-state index in [0.29, 0.717) is 26.8 Å². The number of hydrogen-bond donors (Lipinski definition) is 3. The summed E-state index contributed by atoms with van der Waals surface area (Å²) in [6.07, 6.45) is 0. The molecule has 0 radical (unpaired) electrons. The number of rotatable bonds is 4. The van der Waals surface area contributed by atoms with Crippen LogP contribution in [0.15, 0.2) is 83.8 Å². The van der Waals surface area contributed by atoms with Crippen molar-refractivity contribution in [2.45, 2.75) is 4.90 Å². The van der Waals surface area contributed by atoms with E-state index in [9.17, 15) is 9.59 Å². The molecule has 2 N–H and O–H groups in total. The Bertz CT molecular complexity index is 792. The number of benzene rings is 3. The molecule has 0 saturated heterocycles. The molecule has 116 valence electrons. The first-order chi connectivity index (χ1) is 11.1. The van der Waals surface area contributed by atoms with Gasteiger partial charge in [-0.1, -0.05) is 60.7 Å². The van der Waals surface area contributed by atoms with Crippen molar-refractivity contribution in [2.75, 3.05) is 0 Å². The van der Waals surface area contributed by atoms with E-state index in [-0.39, 0.29) is 0 Å². The summed E-state index contributed by atoms with van der Waals surface area (Å²) in [7, 11) is -3.86. The van der Waals surface area contributed by atoms with E-state index < -0.39 is 8.56 Å². The first-order valence-corrected chi connectivity index (χ1v) is 9.49. The molecule has 0 unspecified atom stereocenters. The number of thiol groups is 1. The largest absolute Gasteiger partial charge is 0.456 e. The first-order valence-electron chi connectivity index (χ1n) is 7.14. The molecular weight excluding hydrogens is 324 g/mol. The summed E-state index contributed by atoms with van der Waals surface area (Å²) >= 11 is 4.42. The monoisotopic (exact) mass is 340 g/mol.